The molecule has 9 heteroatoms. The van der Waals surface area contributed by atoms with Crippen molar-refractivity contribution < 1.29 is 28.7 Å². The third kappa shape index (κ3) is 4.08. The van der Waals surface area contributed by atoms with Crippen LogP contribution in [0.3, 0.4) is 0 Å². The fourth-order valence-electron chi connectivity index (χ4n) is 1.57. The molecule has 1 aromatic rings. The first-order valence-electron chi connectivity index (χ1n) is 6.31. The topological polar surface area (TPSA) is 117 Å². The number of methoxy groups -OCH3 is 1. The number of carbonyl (C=O) groups is 2. The first-order valence-corrected chi connectivity index (χ1v) is 6.31. The molecule has 0 heterocycles. The Morgan fingerprint density at radius 1 is 1.32 bits per heavy atom. The Labute approximate surface area is 126 Å². The highest BCUT2D eigenvalue weighted by Gasteiger charge is 2.26. The number of nitro groups is 1. The summed E-state index contributed by atoms with van der Waals surface area (Å²) in [5.41, 5.74) is -0.819. The van der Waals surface area contributed by atoms with E-state index in [1.165, 1.54) is 14.2 Å². The molecule has 22 heavy (non-hydrogen) atoms. The van der Waals surface area contributed by atoms with Gasteiger partial charge < -0.3 is 19.5 Å². The maximum Gasteiger partial charge on any atom is 0.345 e. The number of nitrogens with one attached hydrogen (secondary N) is 1. The fraction of sp³-hybridized carbons (Fsp3) is 0.385. The minimum Gasteiger partial charge on any atom is -0.493 e. The molecule has 0 aliphatic rings. The van der Waals surface area contributed by atoms with Gasteiger partial charge in [-0.15, -0.1) is 0 Å². The van der Waals surface area contributed by atoms with Crippen LogP contribution in [0, 0.1) is 10.1 Å². The standard InChI is InChI=1S/C13H16N2O7/c1-4-21-11-6-9(15(18)19)8(5-10(11)20-3)13(17)22-7-12(16)14-2/h5-6H,4,7H2,1-3H3,(H,14,16). The lowest BCUT2D eigenvalue weighted by atomic mass is 10.1. The number of likely N-dealkylation sites (N-methyl/N-ethyl adjacent to an activating group) is 1. The number of rotatable bonds is 7. The molecule has 0 radical (unpaired) electrons. The summed E-state index contributed by atoms with van der Waals surface area (Å²) in [7, 11) is 2.71. The number of nitro benzene ring substituents is 1. The molecule has 1 N–H and O–H groups in total. The van der Waals surface area contributed by atoms with Gasteiger partial charge in [0.25, 0.3) is 11.6 Å². The number of amides is 1. The lowest BCUT2D eigenvalue weighted by molar-refractivity contribution is -0.385. The lowest BCUT2D eigenvalue weighted by Crippen LogP contribution is -2.25. The van der Waals surface area contributed by atoms with Gasteiger partial charge in [-0.05, 0) is 6.92 Å². The normalized spacial score (nSPS) is 9.77. The molecule has 0 saturated carbocycles. The molecular formula is C13H16N2O7. The molecule has 0 bridgehead atoms. The second-order valence-corrected chi connectivity index (χ2v) is 3.96. The Kier molecular flexibility index (Phi) is 6.11. The molecule has 0 saturated heterocycles. The highest BCUT2D eigenvalue weighted by molar-refractivity contribution is 5.96. The number of ether oxygens (including phenoxy) is 3. The Bertz CT molecular complexity index is 586. The quantitative estimate of drug-likeness (QED) is 0.451. The van der Waals surface area contributed by atoms with E-state index in [1.54, 1.807) is 6.92 Å². The van der Waals surface area contributed by atoms with Crippen LogP contribution in [0.4, 0.5) is 5.69 Å². The molecule has 0 aromatic heterocycles. The number of hydrogen-bond acceptors (Lipinski definition) is 7. The minimum atomic E-state index is -1.00. The summed E-state index contributed by atoms with van der Waals surface area (Å²) in [6, 6.07) is 2.23. The van der Waals surface area contributed by atoms with Gasteiger partial charge in [0.15, 0.2) is 18.1 Å². The van der Waals surface area contributed by atoms with E-state index < -0.39 is 29.1 Å². The molecule has 1 aromatic carbocycles. The number of esters is 1. The Morgan fingerprint density at radius 2 is 2.00 bits per heavy atom. The maximum atomic E-state index is 11.9. The molecule has 0 aliphatic heterocycles. The zero-order valence-electron chi connectivity index (χ0n) is 12.4. The van der Waals surface area contributed by atoms with Gasteiger partial charge >= 0.3 is 5.97 Å². The van der Waals surface area contributed by atoms with Crippen LogP contribution in [0.15, 0.2) is 12.1 Å². The van der Waals surface area contributed by atoms with Gasteiger partial charge in [-0.1, -0.05) is 0 Å². The summed E-state index contributed by atoms with van der Waals surface area (Å²) in [5.74, 6) is -1.25. The van der Waals surface area contributed by atoms with E-state index in [-0.39, 0.29) is 23.7 Å². The lowest BCUT2D eigenvalue weighted by Gasteiger charge is -2.11. The third-order valence-electron chi connectivity index (χ3n) is 2.61. The summed E-state index contributed by atoms with van der Waals surface area (Å²) in [6.07, 6.45) is 0. The SMILES string of the molecule is CCOc1cc([N+](=O)[O-])c(C(=O)OCC(=O)NC)cc1OC. The average Bonchev–Trinajstić information content (AvgIpc) is 2.51. The van der Waals surface area contributed by atoms with Crippen molar-refractivity contribution in [3.8, 4) is 11.5 Å². The van der Waals surface area contributed by atoms with Crippen LogP contribution in [-0.4, -0.2) is 44.2 Å². The number of benzene rings is 1. The van der Waals surface area contributed by atoms with E-state index in [0.29, 0.717) is 0 Å². The maximum absolute atomic E-state index is 11.9. The predicted molar refractivity (Wildman–Crippen MR) is 75.2 cm³/mol. The van der Waals surface area contributed by atoms with Gasteiger partial charge in [0.05, 0.1) is 24.7 Å². The second-order valence-electron chi connectivity index (χ2n) is 3.96. The van der Waals surface area contributed by atoms with E-state index in [4.69, 9.17) is 14.2 Å². The van der Waals surface area contributed by atoms with Crippen molar-refractivity contribution >= 4 is 17.6 Å². The molecule has 0 spiro atoms. The second kappa shape index (κ2) is 7.81. The van der Waals surface area contributed by atoms with Gasteiger partial charge in [0.1, 0.15) is 5.56 Å². The summed E-state index contributed by atoms with van der Waals surface area (Å²) in [6.45, 7) is 1.44. The van der Waals surface area contributed by atoms with Gasteiger partial charge in [0, 0.05) is 13.1 Å². The van der Waals surface area contributed by atoms with Gasteiger partial charge in [-0.2, -0.15) is 0 Å². The Hall–Kier alpha value is -2.84. The first kappa shape index (κ1) is 17.2. The summed E-state index contributed by atoms with van der Waals surface area (Å²) in [4.78, 5) is 33.3. The van der Waals surface area contributed by atoms with Crippen LogP contribution in [0.5, 0.6) is 11.5 Å². The molecule has 9 nitrogen and oxygen atoms in total. The average molecular weight is 312 g/mol. The first-order chi connectivity index (χ1) is 10.4. The van der Waals surface area contributed by atoms with Crippen LogP contribution in [0.25, 0.3) is 0 Å². The van der Waals surface area contributed by atoms with Gasteiger partial charge in [-0.25, -0.2) is 4.79 Å². The smallest absolute Gasteiger partial charge is 0.345 e. The molecule has 1 rings (SSSR count). The summed E-state index contributed by atoms with van der Waals surface area (Å²) < 4.78 is 15.0. The van der Waals surface area contributed by atoms with E-state index >= 15 is 0 Å². The largest absolute Gasteiger partial charge is 0.493 e. The number of nitrogens with zero attached hydrogens (tertiary/aromatic N) is 1. The minimum absolute atomic E-state index is 0.138. The third-order valence-corrected chi connectivity index (χ3v) is 2.61. The van der Waals surface area contributed by atoms with Crippen molar-refractivity contribution in [3.63, 3.8) is 0 Å². The monoisotopic (exact) mass is 312 g/mol. The summed E-state index contributed by atoms with van der Waals surface area (Å²) in [5, 5.41) is 13.4. The molecule has 120 valence electrons. The van der Waals surface area contributed by atoms with E-state index in [2.05, 4.69) is 5.32 Å². The molecule has 0 fully saturated rings. The van der Waals surface area contributed by atoms with E-state index in [9.17, 15) is 19.7 Å². The van der Waals surface area contributed by atoms with Gasteiger partial charge in [0.2, 0.25) is 0 Å². The van der Waals surface area contributed by atoms with Crippen molar-refractivity contribution in [1.29, 1.82) is 0 Å². The van der Waals surface area contributed by atoms with Crippen molar-refractivity contribution in [1.82, 2.24) is 5.32 Å². The van der Waals surface area contributed by atoms with Crippen molar-refractivity contribution in [2.45, 2.75) is 6.92 Å². The molecule has 0 atom stereocenters. The summed E-state index contributed by atoms with van der Waals surface area (Å²) >= 11 is 0. The van der Waals surface area contributed by atoms with Crippen LogP contribution >= 0.6 is 0 Å². The van der Waals surface area contributed by atoms with Gasteiger partial charge in [-0.3, -0.25) is 14.9 Å². The zero-order chi connectivity index (χ0) is 16.7. The van der Waals surface area contributed by atoms with E-state index in [1.807, 2.05) is 0 Å². The highest BCUT2D eigenvalue weighted by atomic mass is 16.6. The molecule has 1 amide bonds. The van der Waals surface area contributed by atoms with Crippen molar-refractivity contribution in [3.05, 3.63) is 27.8 Å². The van der Waals surface area contributed by atoms with Crippen molar-refractivity contribution in [2.75, 3.05) is 27.4 Å². The van der Waals surface area contributed by atoms with Crippen LogP contribution in [0.1, 0.15) is 17.3 Å². The predicted octanol–water partition coefficient (Wildman–Crippen LogP) is 0.905. The Morgan fingerprint density at radius 3 is 2.50 bits per heavy atom. The highest BCUT2D eigenvalue weighted by Crippen LogP contribution is 2.35. The van der Waals surface area contributed by atoms with E-state index in [0.717, 1.165) is 12.1 Å². The molecular weight excluding hydrogens is 296 g/mol. The fourth-order valence-corrected chi connectivity index (χ4v) is 1.57. The Balaban J connectivity index is 3.18. The number of hydrogen-bond donors (Lipinski definition) is 1. The number of carbonyl (C=O) groups excluding carboxylic acids is 2. The zero-order valence-corrected chi connectivity index (χ0v) is 12.4. The molecule has 0 unspecified atom stereocenters. The molecule has 0 aliphatic carbocycles. The van der Waals surface area contributed by atoms with Crippen LogP contribution < -0.4 is 14.8 Å². The van der Waals surface area contributed by atoms with Crippen molar-refractivity contribution in [2.24, 2.45) is 0 Å². The van der Waals surface area contributed by atoms with Crippen LogP contribution in [-0.2, 0) is 9.53 Å². The van der Waals surface area contributed by atoms with Crippen LogP contribution in [0.2, 0.25) is 0 Å².